The highest BCUT2D eigenvalue weighted by molar-refractivity contribution is 7.17. The van der Waals surface area contributed by atoms with Gasteiger partial charge >= 0.3 is 0 Å². The van der Waals surface area contributed by atoms with E-state index >= 15 is 0 Å². The Balaban J connectivity index is 1.77. The van der Waals surface area contributed by atoms with Crippen LogP contribution >= 0.6 is 11.3 Å². The van der Waals surface area contributed by atoms with E-state index < -0.39 is 0 Å². The van der Waals surface area contributed by atoms with Crippen LogP contribution in [0.2, 0.25) is 0 Å². The second-order valence-electron chi connectivity index (χ2n) is 6.14. The molecule has 0 radical (unpaired) electrons. The zero-order valence-corrected chi connectivity index (χ0v) is 14.0. The number of hydrogen-bond acceptors (Lipinski definition) is 3. The van der Waals surface area contributed by atoms with Crippen molar-refractivity contribution < 1.29 is 0 Å². The van der Waals surface area contributed by atoms with Gasteiger partial charge in [-0.3, -0.25) is 4.90 Å². The Hall–Kier alpha value is -0.900. The maximum absolute atomic E-state index is 3.73. The second kappa shape index (κ2) is 6.91. The fraction of sp³-hybridized carbons (Fsp3) is 0.556. The van der Waals surface area contributed by atoms with E-state index in [1.54, 1.807) is 0 Å². The van der Waals surface area contributed by atoms with Crippen molar-refractivity contribution in [1.29, 1.82) is 0 Å². The van der Waals surface area contributed by atoms with Crippen LogP contribution in [0.4, 0.5) is 0 Å². The van der Waals surface area contributed by atoms with E-state index in [0.717, 1.165) is 13.1 Å². The average molecular weight is 302 g/mol. The monoisotopic (exact) mass is 302 g/mol. The van der Waals surface area contributed by atoms with Crippen molar-refractivity contribution >= 4 is 21.4 Å². The molecule has 0 saturated carbocycles. The Bertz CT molecular complexity index is 577. The summed E-state index contributed by atoms with van der Waals surface area (Å²) in [4.78, 5) is 2.70. The molecule has 1 aromatic heterocycles. The molecule has 1 aliphatic rings. The summed E-state index contributed by atoms with van der Waals surface area (Å²) in [5.74, 6) is 0. The van der Waals surface area contributed by atoms with Crippen molar-refractivity contribution in [2.45, 2.75) is 51.7 Å². The highest BCUT2D eigenvalue weighted by Crippen LogP contribution is 2.28. The van der Waals surface area contributed by atoms with Gasteiger partial charge < -0.3 is 5.32 Å². The SMILES string of the molecule is CCCC1CN(Cc2csc3ccccc23)C(CC)CN1. The number of hydrogen-bond donors (Lipinski definition) is 1. The van der Waals surface area contributed by atoms with Crippen molar-refractivity contribution in [2.75, 3.05) is 13.1 Å². The molecule has 2 heterocycles. The van der Waals surface area contributed by atoms with Crippen LogP contribution in [0.25, 0.3) is 10.1 Å². The molecule has 2 nitrogen and oxygen atoms in total. The van der Waals surface area contributed by atoms with Crippen LogP contribution in [0, 0.1) is 0 Å². The zero-order valence-electron chi connectivity index (χ0n) is 13.1. The number of fused-ring (bicyclic) bond motifs is 1. The van der Waals surface area contributed by atoms with Gasteiger partial charge in [-0.05, 0) is 35.2 Å². The molecule has 0 spiro atoms. The zero-order chi connectivity index (χ0) is 14.7. The summed E-state index contributed by atoms with van der Waals surface area (Å²) < 4.78 is 1.42. The number of rotatable bonds is 5. The fourth-order valence-corrected chi connectivity index (χ4v) is 4.39. The molecule has 21 heavy (non-hydrogen) atoms. The summed E-state index contributed by atoms with van der Waals surface area (Å²) in [6, 6.07) is 10.2. The van der Waals surface area contributed by atoms with Crippen LogP contribution in [0.5, 0.6) is 0 Å². The van der Waals surface area contributed by atoms with Crippen LogP contribution in [-0.2, 0) is 6.54 Å². The molecule has 1 saturated heterocycles. The second-order valence-corrected chi connectivity index (χ2v) is 7.05. The lowest BCUT2D eigenvalue weighted by Crippen LogP contribution is -2.55. The molecule has 0 amide bonds. The predicted molar refractivity (Wildman–Crippen MR) is 93.0 cm³/mol. The van der Waals surface area contributed by atoms with Gasteiger partial charge in [0.1, 0.15) is 0 Å². The molecule has 2 atom stereocenters. The Morgan fingerprint density at radius 1 is 1.29 bits per heavy atom. The quantitative estimate of drug-likeness (QED) is 0.888. The maximum Gasteiger partial charge on any atom is 0.0346 e. The van der Waals surface area contributed by atoms with Crippen LogP contribution < -0.4 is 5.32 Å². The first-order valence-corrected chi connectivity index (χ1v) is 9.12. The van der Waals surface area contributed by atoms with Crippen LogP contribution in [0.3, 0.4) is 0 Å². The minimum atomic E-state index is 0.669. The van der Waals surface area contributed by atoms with Crippen molar-refractivity contribution in [3.8, 4) is 0 Å². The summed E-state index contributed by atoms with van der Waals surface area (Å²) in [5.41, 5.74) is 1.51. The smallest absolute Gasteiger partial charge is 0.0346 e. The molecular weight excluding hydrogens is 276 g/mol. The molecule has 0 bridgehead atoms. The Morgan fingerprint density at radius 2 is 2.14 bits per heavy atom. The van der Waals surface area contributed by atoms with E-state index in [-0.39, 0.29) is 0 Å². The van der Waals surface area contributed by atoms with Gasteiger partial charge in [-0.25, -0.2) is 0 Å². The molecule has 1 aliphatic heterocycles. The van der Waals surface area contributed by atoms with E-state index in [2.05, 4.69) is 53.7 Å². The van der Waals surface area contributed by atoms with Crippen LogP contribution in [0.15, 0.2) is 29.6 Å². The Labute approximate surface area is 132 Å². The van der Waals surface area contributed by atoms with Gasteiger partial charge in [0.05, 0.1) is 0 Å². The molecule has 1 fully saturated rings. The average Bonchev–Trinajstić information content (AvgIpc) is 2.91. The molecular formula is C18H26N2S. The highest BCUT2D eigenvalue weighted by atomic mass is 32.1. The highest BCUT2D eigenvalue weighted by Gasteiger charge is 2.26. The molecule has 0 aliphatic carbocycles. The summed E-state index contributed by atoms with van der Waals surface area (Å²) in [6.07, 6.45) is 3.79. The van der Waals surface area contributed by atoms with Gasteiger partial charge in [0.15, 0.2) is 0 Å². The summed E-state index contributed by atoms with van der Waals surface area (Å²) in [7, 11) is 0. The molecule has 2 unspecified atom stereocenters. The predicted octanol–water partition coefficient (Wildman–Crippen LogP) is 4.25. The molecule has 3 rings (SSSR count). The first-order chi connectivity index (χ1) is 10.3. The Kier molecular flexibility index (Phi) is 4.94. The van der Waals surface area contributed by atoms with Crippen molar-refractivity contribution in [2.24, 2.45) is 0 Å². The number of nitrogens with zero attached hydrogens (tertiary/aromatic N) is 1. The fourth-order valence-electron chi connectivity index (χ4n) is 3.44. The first-order valence-electron chi connectivity index (χ1n) is 8.24. The minimum absolute atomic E-state index is 0.669. The van der Waals surface area contributed by atoms with Gasteiger partial charge in [-0.1, -0.05) is 38.5 Å². The summed E-state index contributed by atoms with van der Waals surface area (Å²) >= 11 is 1.88. The van der Waals surface area contributed by atoms with E-state index in [0.29, 0.717) is 12.1 Å². The van der Waals surface area contributed by atoms with Crippen LogP contribution in [0.1, 0.15) is 38.7 Å². The number of thiophene rings is 1. The third kappa shape index (κ3) is 3.31. The van der Waals surface area contributed by atoms with Gasteiger partial charge in [0.2, 0.25) is 0 Å². The van der Waals surface area contributed by atoms with E-state index in [1.165, 1.54) is 41.5 Å². The lowest BCUT2D eigenvalue weighted by molar-refractivity contribution is 0.116. The molecule has 114 valence electrons. The summed E-state index contributed by atoms with van der Waals surface area (Å²) in [5, 5.41) is 7.53. The number of piperazine rings is 1. The van der Waals surface area contributed by atoms with E-state index in [4.69, 9.17) is 0 Å². The van der Waals surface area contributed by atoms with E-state index in [1.807, 2.05) is 11.3 Å². The van der Waals surface area contributed by atoms with E-state index in [9.17, 15) is 0 Å². The standard InChI is InChI=1S/C18H26N2S/c1-3-7-15-12-20(16(4-2)10-19-15)11-14-13-21-18-9-6-5-8-17(14)18/h5-6,8-9,13,15-16,19H,3-4,7,10-12H2,1-2H3. The first kappa shape index (κ1) is 15.0. The topological polar surface area (TPSA) is 15.3 Å². The third-order valence-electron chi connectivity index (χ3n) is 4.66. The minimum Gasteiger partial charge on any atom is -0.311 e. The molecule has 1 N–H and O–H groups in total. The van der Waals surface area contributed by atoms with Gasteiger partial charge in [-0.15, -0.1) is 11.3 Å². The molecule has 3 heteroatoms. The normalized spacial score (nSPS) is 23.7. The molecule has 1 aromatic carbocycles. The number of nitrogens with one attached hydrogen (secondary N) is 1. The molecule has 2 aromatic rings. The van der Waals surface area contributed by atoms with Crippen LogP contribution in [-0.4, -0.2) is 30.1 Å². The van der Waals surface area contributed by atoms with Gasteiger partial charge in [0, 0.05) is 36.4 Å². The lowest BCUT2D eigenvalue weighted by Gasteiger charge is -2.40. The third-order valence-corrected chi connectivity index (χ3v) is 5.67. The van der Waals surface area contributed by atoms with Crippen molar-refractivity contribution in [1.82, 2.24) is 10.2 Å². The van der Waals surface area contributed by atoms with Crippen molar-refractivity contribution in [3.63, 3.8) is 0 Å². The van der Waals surface area contributed by atoms with Gasteiger partial charge in [0.25, 0.3) is 0 Å². The maximum atomic E-state index is 3.73. The van der Waals surface area contributed by atoms with Gasteiger partial charge in [-0.2, -0.15) is 0 Å². The Morgan fingerprint density at radius 3 is 2.95 bits per heavy atom. The summed E-state index contributed by atoms with van der Waals surface area (Å²) in [6.45, 7) is 8.03. The largest absolute Gasteiger partial charge is 0.311 e. The van der Waals surface area contributed by atoms with Crippen molar-refractivity contribution in [3.05, 3.63) is 35.2 Å². The number of benzene rings is 1. The lowest BCUT2D eigenvalue weighted by atomic mass is 10.0.